The van der Waals surface area contributed by atoms with Gasteiger partial charge in [-0.3, -0.25) is 19.2 Å². The second-order valence-corrected chi connectivity index (χ2v) is 20.4. The number of nitrogens with two attached hydrogens (primary N) is 1. The van der Waals surface area contributed by atoms with Gasteiger partial charge in [0.05, 0.1) is 62.0 Å². The maximum absolute atomic E-state index is 14.6. The molecule has 416 valence electrons. The largest absolute Gasteiger partial charge is 0.493 e. The van der Waals surface area contributed by atoms with Crippen LogP contribution in [0.5, 0.6) is 23.0 Å². The molecular weight excluding hydrogens is 1020 g/mol. The van der Waals surface area contributed by atoms with Crippen LogP contribution in [0.15, 0.2) is 127 Å². The maximum Gasteiger partial charge on any atom is 0.416 e. The molecule has 4 heterocycles. The van der Waals surface area contributed by atoms with Gasteiger partial charge in [-0.25, -0.2) is 9.69 Å². The zero-order valence-electron chi connectivity index (χ0n) is 45.0. The first-order chi connectivity index (χ1) is 39.0. The molecule has 1 unspecified atom stereocenters. The lowest BCUT2D eigenvalue weighted by Crippen LogP contribution is -2.52. The lowest BCUT2D eigenvalue weighted by Gasteiger charge is -2.32. The van der Waals surface area contributed by atoms with E-state index in [1.165, 1.54) is 24.1 Å². The summed E-state index contributed by atoms with van der Waals surface area (Å²) in [4.78, 5) is 74.0. The summed E-state index contributed by atoms with van der Waals surface area (Å²) >= 11 is 0. The first-order valence-electron chi connectivity index (χ1n) is 27.4. The number of benzene rings is 6. The Morgan fingerprint density at radius 1 is 0.688 bits per heavy atom. The lowest BCUT2D eigenvalue weighted by molar-refractivity contribution is -0.126. The Balaban J connectivity index is 0.778. The summed E-state index contributed by atoms with van der Waals surface area (Å²) in [5, 5.41) is 21.5. The topological polar surface area (TPSA) is 224 Å². The Labute approximate surface area is 465 Å². The fourth-order valence-corrected chi connectivity index (χ4v) is 11.0. The summed E-state index contributed by atoms with van der Waals surface area (Å²) in [6.45, 7) is 1.49. The number of aliphatic hydroxyl groups is 1. The van der Waals surface area contributed by atoms with Crippen molar-refractivity contribution in [2.24, 2.45) is 5.73 Å². The Morgan fingerprint density at radius 3 is 2.02 bits per heavy atom. The van der Waals surface area contributed by atoms with Crippen molar-refractivity contribution in [3.63, 3.8) is 0 Å². The molecule has 6 aromatic carbocycles. The van der Waals surface area contributed by atoms with Gasteiger partial charge in [0.1, 0.15) is 12.6 Å². The first kappa shape index (κ1) is 54.7. The first-order valence-corrected chi connectivity index (χ1v) is 27.4. The Bertz CT molecular complexity index is 3230. The van der Waals surface area contributed by atoms with E-state index in [4.69, 9.17) is 29.4 Å². The Morgan fingerprint density at radius 2 is 1.32 bits per heavy atom. The molecule has 6 N–H and O–H groups in total. The Hall–Kier alpha value is -8.61. The molecule has 0 bridgehead atoms. The number of nitrogens with zero attached hydrogens (tertiary/aromatic N) is 3. The third-order valence-corrected chi connectivity index (χ3v) is 15.1. The van der Waals surface area contributed by atoms with Crippen LogP contribution in [0, 0.1) is 0 Å². The number of anilines is 5. The van der Waals surface area contributed by atoms with Crippen LogP contribution in [0.3, 0.4) is 0 Å². The van der Waals surface area contributed by atoms with Crippen LogP contribution < -0.4 is 55.3 Å². The fourth-order valence-electron chi connectivity index (χ4n) is 11.0. The average Bonchev–Trinajstić information content (AvgIpc) is 4.03. The zero-order valence-corrected chi connectivity index (χ0v) is 45.0. The number of unbranched alkanes of at least 4 members (excludes halogenated alkanes) is 3. The number of hydrogen-bond acceptors (Lipinski definition) is 13. The van der Waals surface area contributed by atoms with Crippen molar-refractivity contribution in [2.75, 3.05) is 65.9 Å². The molecule has 5 amide bonds. The maximum atomic E-state index is 14.6. The van der Waals surface area contributed by atoms with Crippen LogP contribution >= 0.6 is 0 Å². The minimum Gasteiger partial charge on any atom is -0.493 e. The second kappa shape index (κ2) is 25.0. The number of aliphatic hydroxyl groups excluding tert-OH is 1. The molecule has 0 fully saturated rings. The van der Waals surface area contributed by atoms with Gasteiger partial charge in [0.15, 0.2) is 29.2 Å². The minimum absolute atomic E-state index is 0.000657. The van der Waals surface area contributed by atoms with Crippen molar-refractivity contribution in [1.82, 2.24) is 5.32 Å². The minimum atomic E-state index is -1.53. The number of amides is 5. The predicted molar refractivity (Wildman–Crippen MR) is 304 cm³/mol. The molecule has 4 aliphatic heterocycles. The number of rotatable bonds is 22. The Kier molecular flexibility index (Phi) is 17.1. The summed E-state index contributed by atoms with van der Waals surface area (Å²) in [7, 11) is 3.02. The number of carbonyl (C=O) groups is 5. The van der Waals surface area contributed by atoms with Crippen molar-refractivity contribution in [3.8, 4) is 23.0 Å². The van der Waals surface area contributed by atoms with Gasteiger partial charge in [-0.2, -0.15) is 0 Å². The number of fused-ring (bicyclic) bond motifs is 8. The van der Waals surface area contributed by atoms with Crippen LogP contribution in [-0.4, -0.2) is 99.7 Å². The molecule has 6 aromatic rings. The average molecular weight is 1090 g/mol. The van der Waals surface area contributed by atoms with Crippen molar-refractivity contribution < 1.29 is 52.8 Å². The van der Waals surface area contributed by atoms with E-state index in [-0.39, 0.29) is 72.6 Å². The van der Waals surface area contributed by atoms with Crippen molar-refractivity contribution in [1.29, 1.82) is 0 Å². The standard InChI is InChI=1S/C62H67N7O11/c1-76-53-33-45-48(64-37-44-31-41-17-7-9-20-49(41)67(44)59(45)72)35-55(53)78-29-13-4-14-30-79-56-36-51-46(34-54(56)77-2)60(73)68-50-21-10-8-18-42(50)32-52(68)61(74)69(51)62(75)80-38-40-22-25-43(26-23-40)65-58(71)47(19-11-12-28-63)66-57(70)27-24-39-15-5-3-6-16-39/h3,5-10,15-18,20-23,25-26,33-36,44,47,52,61,64,74H,4,11-14,19,24,27-32,37-38,63H2,1-2H3,(H,65,71)(H,66,70)/t44-,47-,52-,61?/m0/s1. The van der Waals surface area contributed by atoms with E-state index < -0.39 is 30.3 Å². The van der Waals surface area contributed by atoms with Crippen molar-refractivity contribution in [3.05, 3.63) is 161 Å². The van der Waals surface area contributed by atoms with E-state index in [1.54, 1.807) is 37.4 Å². The van der Waals surface area contributed by atoms with Crippen LogP contribution in [-0.2, 0) is 40.2 Å². The molecule has 0 saturated heterocycles. The van der Waals surface area contributed by atoms with Gasteiger partial charge in [-0.15, -0.1) is 0 Å². The zero-order chi connectivity index (χ0) is 55.7. The molecule has 10 rings (SSSR count). The summed E-state index contributed by atoms with van der Waals surface area (Å²) in [6, 6.07) is 36.9. The van der Waals surface area contributed by atoms with Gasteiger partial charge in [0.2, 0.25) is 11.8 Å². The number of nitrogens with one attached hydrogen (secondary N) is 3. The van der Waals surface area contributed by atoms with E-state index in [0.29, 0.717) is 97.9 Å². The highest BCUT2D eigenvalue weighted by Gasteiger charge is 2.48. The van der Waals surface area contributed by atoms with Gasteiger partial charge < -0.3 is 60.3 Å². The fraction of sp³-hybridized carbons (Fsp3) is 0.339. The second-order valence-electron chi connectivity index (χ2n) is 20.4. The molecule has 0 saturated carbocycles. The number of ether oxygens (including phenoxy) is 5. The summed E-state index contributed by atoms with van der Waals surface area (Å²) in [5.74, 6) is 0.408. The summed E-state index contributed by atoms with van der Waals surface area (Å²) in [5.41, 5.74) is 12.8. The highest BCUT2D eigenvalue weighted by Crippen LogP contribution is 2.45. The smallest absolute Gasteiger partial charge is 0.416 e. The van der Waals surface area contributed by atoms with E-state index in [1.807, 2.05) is 83.8 Å². The van der Waals surface area contributed by atoms with E-state index in [9.17, 15) is 29.1 Å². The third kappa shape index (κ3) is 11.9. The number of aryl methyl sites for hydroxylation is 1. The summed E-state index contributed by atoms with van der Waals surface area (Å²) < 4.78 is 29.9. The van der Waals surface area contributed by atoms with Gasteiger partial charge in [0, 0.05) is 42.2 Å². The highest BCUT2D eigenvalue weighted by molar-refractivity contribution is 6.15. The molecule has 18 nitrogen and oxygen atoms in total. The van der Waals surface area contributed by atoms with Gasteiger partial charge >= 0.3 is 6.09 Å². The number of hydrogen-bond donors (Lipinski definition) is 5. The van der Waals surface area contributed by atoms with Gasteiger partial charge in [0.25, 0.3) is 11.8 Å². The molecule has 18 heteroatoms. The quantitative estimate of drug-likeness (QED) is 0.0403. The molecule has 0 radical (unpaired) electrons. The van der Waals surface area contributed by atoms with E-state index in [2.05, 4.69) is 22.0 Å². The summed E-state index contributed by atoms with van der Waals surface area (Å²) in [6.07, 6.45) is 3.20. The van der Waals surface area contributed by atoms with Crippen molar-refractivity contribution >= 4 is 58.2 Å². The highest BCUT2D eigenvalue weighted by atomic mass is 16.6. The molecule has 80 heavy (non-hydrogen) atoms. The number of para-hydroxylation sites is 2. The third-order valence-electron chi connectivity index (χ3n) is 15.1. The van der Waals surface area contributed by atoms with Crippen LogP contribution in [0.2, 0.25) is 0 Å². The molecule has 0 spiro atoms. The van der Waals surface area contributed by atoms with Crippen molar-refractivity contribution in [2.45, 2.75) is 95.2 Å². The normalized spacial score (nSPS) is 17.0. The predicted octanol–water partition coefficient (Wildman–Crippen LogP) is 8.56. The number of methoxy groups -OCH3 is 2. The lowest BCUT2D eigenvalue weighted by atomic mass is 10.1. The number of carbonyl (C=O) groups excluding carboxylic acids is 5. The van der Waals surface area contributed by atoms with Crippen LogP contribution in [0.25, 0.3) is 0 Å². The van der Waals surface area contributed by atoms with Gasteiger partial charge in [-0.05, 0) is 123 Å². The molecular formula is C62H67N7O11. The van der Waals surface area contributed by atoms with Crippen LogP contribution in [0.1, 0.15) is 87.9 Å². The molecule has 0 aliphatic carbocycles. The van der Waals surface area contributed by atoms with E-state index >= 15 is 0 Å². The SMILES string of the molecule is COc1cc2c(cc1OCCCCCOc1cc3c(cc1OC)C(=O)N1c4ccccc4C[C@H]1C(O)N3C(=O)OCc1ccc(NC(=O)[C@H](CCCCN)NC(=O)CCc3ccccc3)cc1)NC[C@@H]1Cc3ccccc3N1C2=O. The van der Waals surface area contributed by atoms with Crippen LogP contribution in [0.4, 0.5) is 33.2 Å². The molecule has 0 aromatic heterocycles. The monoisotopic (exact) mass is 1090 g/mol. The molecule has 4 atom stereocenters. The van der Waals surface area contributed by atoms with Gasteiger partial charge in [-0.1, -0.05) is 78.9 Å². The molecule has 4 aliphatic rings. The van der Waals surface area contributed by atoms with E-state index in [0.717, 1.165) is 40.1 Å².